The molecule has 1 fully saturated rings. The van der Waals surface area contributed by atoms with E-state index in [2.05, 4.69) is 36.7 Å². The first-order chi connectivity index (χ1) is 11.7. The smallest absolute Gasteiger partial charge is 0.298 e. The predicted molar refractivity (Wildman–Crippen MR) is 88.8 cm³/mol. The molecular weight excluding hydrogens is 308 g/mol. The molecule has 1 aliphatic heterocycles. The van der Waals surface area contributed by atoms with Gasteiger partial charge in [-0.1, -0.05) is 0 Å². The molecule has 1 saturated heterocycles. The van der Waals surface area contributed by atoms with Crippen molar-refractivity contribution < 1.29 is 9.52 Å². The molecule has 3 aromatic heterocycles. The van der Waals surface area contributed by atoms with Crippen molar-refractivity contribution in [2.75, 3.05) is 29.4 Å². The summed E-state index contributed by atoms with van der Waals surface area (Å²) in [5.41, 5.74) is 1.52. The summed E-state index contributed by atoms with van der Waals surface area (Å²) >= 11 is 0. The van der Waals surface area contributed by atoms with Crippen molar-refractivity contribution in [3.05, 3.63) is 36.5 Å². The largest absolute Gasteiger partial charge is 0.422 e. The first-order valence-corrected chi connectivity index (χ1v) is 7.89. The summed E-state index contributed by atoms with van der Waals surface area (Å²) in [7, 11) is 0. The van der Waals surface area contributed by atoms with Gasteiger partial charge in [0.2, 0.25) is 0 Å². The SMILES string of the molecule is CC1CN(c2ccnc(CO)n2)CCN1c1nc2ccncc2o1. The van der Waals surface area contributed by atoms with Gasteiger partial charge in [0, 0.05) is 38.1 Å². The van der Waals surface area contributed by atoms with E-state index in [1.54, 1.807) is 18.6 Å². The molecule has 0 amide bonds. The van der Waals surface area contributed by atoms with Crippen LogP contribution in [-0.4, -0.2) is 50.7 Å². The van der Waals surface area contributed by atoms with E-state index in [0.717, 1.165) is 31.0 Å². The molecule has 0 aliphatic carbocycles. The van der Waals surface area contributed by atoms with Gasteiger partial charge in [-0.15, -0.1) is 0 Å². The van der Waals surface area contributed by atoms with Crippen LogP contribution >= 0.6 is 0 Å². The van der Waals surface area contributed by atoms with Gasteiger partial charge in [-0.3, -0.25) is 4.98 Å². The molecule has 4 rings (SSSR count). The Hall–Kier alpha value is -2.74. The highest BCUT2D eigenvalue weighted by atomic mass is 16.4. The molecule has 1 aliphatic rings. The van der Waals surface area contributed by atoms with Crippen molar-refractivity contribution in [3.8, 4) is 0 Å². The highest BCUT2D eigenvalue weighted by molar-refractivity contribution is 5.73. The zero-order valence-corrected chi connectivity index (χ0v) is 13.3. The zero-order valence-electron chi connectivity index (χ0n) is 13.3. The first kappa shape index (κ1) is 14.8. The third-order valence-electron chi connectivity index (χ3n) is 4.21. The fourth-order valence-electron chi connectivity index (χ4n) is 2.98. The van der Waals surface area contributed by atoms with Gasteiger partial charge in [0.15, 0.2) is 11.4 Å². The Bertz CT molecular complexity index is 818. The number of rotatable bonds is 3. The average molecular weight is 326 g/mol. The molecule has 124 valence electrons. The van der Waals surface area contributed by atoms with E-state index in [1.165, 1.54) is 0 Å². The normalized spacial score (nSPS) is 18.3. The lowest BCUT2D eigenvalue weighted by atomic mass is 10.2. The van der Waals surface area contributed by atoms with E-state index in [0.29, 0.717) is 17.4 Å². The van der Waals surface area contributed by atoms with E-state index in [-0.39, 0.29) is 12.6 Å². The summed E-state index contributed by atoms with van der Waals surface area (Å²) in [6.45, 7) is 4.34. The number of anilines is 2. The number of nitrogens with zero attached hydrogens (tertiary/aromatic N) is 6. The van der Waals surface area contributed by atoms with Crippen LogP contribution in [0.5, 0.6) is 0 Å². The maximum Gasteiger partial charge on any atom is 0.298 e. The number of hydrogen-bond donors (Lipinski definition) is 1. The second-order valence-corrected chi connectivity index (χ2v) is 5.82. The number of oxazole rings is 1. The van der Waals surface area contributed by atoms with Gasteiger partial charge < -0.3 is 19.3 Å². The van der Waals surface area contributed by atoms with E-state index in [1.807, 2.05) is 12.1 Å². The van der Waals surface area contributed by atoms with Crippen LogP contribution in [0, 0.1) is 0 Å². The Morgan fingerprint density at radius 3 is 2.96 bits per heavy atom. The van der Waals surface area contributed by atoms with Gasteiger partial charge in [0.1, 0.15) is 17.9 Å². The number of pyridine rings is 1. The minimum absolute atomic E-state index is 0.152. The third-order valence-corrected chi connectivity index (χ3v) is 4.21. The average Bonchev–Trinajstić information content (AvgIpc) is 3.05. The number of piperazine rings is 1. The second kappa shape index (κ2) is 6.04. The molecule has 3 aromatic rings. The van der Waals surface area contributed by atoms with Crippen LogP contribution in [-0.2, 0) is 6.61 Å². The molecule has 0 radical (unpaired) electrons. The Kier molecular flexibility index (Phi) is 3.73. The van der Waals surface area contributed by atoms with E-state index in [9.17, 15) is 5.11 Å². The third kappa shape index (κ3) is 2.65. The van der Waals surface area contributed by atoms with Gasteiger partial charge in [-0.2, -0.15) is 4.98 Å². The Morgan fingerprint density at radius 1 is 1.25 bits per heavy atom. The van der Waals surface area contributed by atoms with Crippen LogP contribution in [0.25, 0.3) is 11.1 Å². The molecule has 8 heteroatoms. The van der Waals surface area contributed by atoms with E-state index in [4.69, 9.17) is 4.42 Å². The minimum Gasteiger partial charge on any atom is -0.422 e. The van der Waals surface area contributed by atoms with Crippen LogP contribution in [0.2, 0.25) is 0 Å². The highest BCUT2D eigenvalue weighted by Gasteiger charge is 2.28. The Balaban J connectivity index is 1.53. The molecule has 0 aromatic carbocycles. The van der Waals surface area contributed by atoms with Crippen molar-refractivity contribution in [1.82, 2.24) is 19.9 Å². The molecule has 1 unspecified atom stereocenters. The minimum atomic E-state index is -0.152. The monoisotopic (exact) mass is 326 g/mol. The molecular formula is C16H18N6O2. The van der Waals surface area contributed by atoms with E-state index >= 15 is 0 Å². The van der Waals surface area contributed by atoms with Crippen molar-refractivity contribution in [2.45, 2.75) is 19.6 Å². The van der Waals surface area contributed by atoms with E-state index < -0.39 is 0 Å². The molecule has 4 heterocycles. The molecule has 1 N–H and O–H groups in total. The summed E-state index contributed by atoms with van der Waals surface area (Å²) in [5, 5.41) is 9.19. The lowest BCUT2D eigenvalue weighted by molar-refractivity contribution is 0.271. The zero-order chi connectivity index (χ0) is 16.5. The number of hydrogen-bond acceptors (Lipinski definition) is 8. The number of aromatic nitrogens is 4. The number of aliphatic hydroxyl groups is 1. The van der Waals surface area contributed by atoms with Crippen LogP contribution in [0.3, 0.4) is 0 Å². The van der Waals surface area contributed by atoms with Crippen LogP contribution in [0.15, 0.2) is 35.1 Å². The molecule has 0 saturated carbocycles. The summed E-state index contributed by atoms with van der Waals surface area (Å²) in [6.07, 6.45) is 5.08. The van der Waals surface area contributed by atoms with Crippen molar-refractivity contribution in [1.29, 1.82) is 0 Å². The maximum absolute atomic E-state index is 9.19. The lowest BCUT2D eigenvalue weighted by Crippen LogP contribution is -2.52. The molecule has 1 atom stereocenters. The number of aliphatic hydroxyl groups excluding tert-OH is 1. The van der Waals surface area contributed by atoms with Crippen molar-refractivity contribution in [3.63, 3.8) is 0 Å². The van der Waals surface area contributed by atoms with Gasteiger partial charge in [0.25, 0.3) is 6.01 Å². The summed E-state index contributed by atoms with van der Waals surface area (Å²) in [5.74, 6) is 1.27. The highest BCUT2D eigenvalue weighted by Crippen LogP contribution is 2.25. The van der Waals surface area contributed by atoms with Crippen molar-refractivity contribution >= 4 is 22.9 Å². The van der Waals surface area contributed by atoms with Crippen molar-refractivity contribution in [2.24, 2.45) is 0 Å². The first-order valence-electron chi connectivity index (χ1n) is 7.89. The molecule has 24 heavy (non-hydrogen) atoms. The second-order valence-electron chi connectivity index (χ2n) is 5.82. The Labute approximate surface area is 138 Å². The predicted octanol–water partition coefficient (Wildman–Crippen LogP) is 1.22. The fraction of sp³-hybridized carbons (Fsp3) is 0.375. The maximum atomic E-state index is 9.19. The summed E-state index contributed by atoms with van der Waals surface area (Å²) in [6, 6.07) is 4.56. The topological polar surface area (TPSA) is 91.4 Å². The molecule has 8 nitrogen and oxygen atoms in total. The van der Waals surface area contributed by atoms with Gasteiger partial charge >= 0.3 is 0 Å². The molecule has 0 spiro atoms. The number of fused-ring (bicyclic) bond motifs is 1. The van der Waals surface area contributed by atoms with Crippen LogP contribution in [0.1, 0.15) is 12.7 Å². The Morgan fingerprint density at radius 2 is 2.17 bits per heavy atom. The van der Waals surface area contributed by atoms with Gasteiger partial charge in [-0.05, 0) is 19.1 Å². The lowest BCUT2D eigenvalue weighted by Gasteiger charge is -2.39. The fourth-order valence-corrected chi connectivity index (χ4v) is 2.98. The van der Waals surface area contributed by atoms with Crippen LogP contribution < -0.4 is 9.80 Å². The van der Waals surface area contributed by atoms with Gasteiger partial charge in [-0.25, -0.2) is 9.97 Å². The standard InChI is InChI=1S/C16H18N6O2/c1-11-9-21(15-3-5-18-14(10-23)20-15)6-7-22(11)16-19-12-2-4-17-8-13(12)24-16/h2-5,8,11,23H,6-7,9-10H2,1H3. The van der Waals surface area contributed by atoms with Gasteiger partial charge in [0.05, 0.1) is 6.20 Å². The summed E-state index contributed by atoms with van der Waals surface area (Å²) in [4.78, 5) is 21.4. The quantitative estimate of drug-likeness (QED) is 0.768. The van der Waals surface area contributed by atoms with Crippen LogP contribution in [0.4, 0.5) is 11.8 Å². The summed E-state index contributed by atoms with van der Waals surface area (Å²) < 4.78 is 5.83. The molecule has 0 bridgehead atoms.